The van der Waals surface area contributed by atoms with Crippen molar-refractivity contribution in [2.24, 2.45) is 5.41 Å². The summed E-state index contributed by atoms with van der Waals surface area (Å²) in [6.45, 7) is 0. The number of aromatic amines is 1. The molecule has 7 nitrogen and oxygen atoms in total. The van der Waals surface area contributed by atoms with Crippen molar-refractivity contribution in [1.82, 2.24) is 10.2 Å². The van der Waals surface area contributed by atoms with E-state index < -0.39 is 11.4 Å². The number of anilines is 1. The Hall–Kier alpha value is -2.18. The molecule has 7 heteroatoms. The number of imide groups is 1. The Morgan fingerprint density at radius 2 is 1.90 bits per heavy atom. The summed E-state index contributed by atoms with van der Waals surface area (Å²) in [5, 5.41) is 15.0. The van der Waals surface area contributed by atoms with Gasteiger partial charge in [0.15, 0.2) is 5.82 Å². The number of aromatic nitrogens is 2. The van der Waals surface area contributed by atoms with Crippen molar-refractivity contribution in [3.05, 3.63) is 11.8 Å². The van der Waals surface area contributed by atoms with E-state index in [9.17, 15) is 14.4 Å². The molecule has 2 amide bonds. The van der Waals surface area contributed by atoms with Gasteiger partial charge in [-0.25, -0.2) is 9.69 Å². The van der Waals surface area contributed by atoms with Gasteiger partial charge in [0.05, 0.1) is 5.41 Å². The molecule has 2 aliphatic rings. The molecule has 1 saturated carbocycles. The third-order valence-electron chi connectivity index (χ3n) is 4.48. The first-order valence-electron chi connectivity index (χ1n) is 7.20. The van der Waals surface area contributed by atoms with Gasteiger partial charge in [-0.15, -0.1) is 0 Å². The smallest absolute Gasteiger partial charge is 0.353 e. The second-order valence-electron chi connectivity index (χ2n) is 5.85. The number of amides is 2. The number of rotatable bonds is 2. The number of hydrogen-bond acceptors (Lipinski definition) is 4. The Balaban J connectivity index is 1.90. The fourth-order valence-electron chi connectivity index (χ4n) is 3.36. The van der Waals surface area contributed by atoms with Crippen LogP contribution in [0.2, 0.25) is 0 Å². The molecule has 0 radical (unpaired) electrons. The predicted octanol–water partition coefficient (Wildman–Crippen LogP) is 1.71. The lowest BCUT2D eigenvalue weighted by atomic mass is 9.79. The standard InChI is InChI=1S/C14H17N3O4/c18-11-8-14(5-3-1-2-4-6-14)13(21)17(11)10-7-9(12(19)20)15-16-10/h7H,1-6,8H2,(H,15,16)(H,19,20). The molecule has 0 aromatic carbocycles. The van der Waals surface area contributed by atoms with E-state index in [2.05, 4.69) is 10.2 Å². The average Bonchev–Trinajstić information content (AvgIpc) is 2.90. The topological polar surface area (TPSA) is 103 Å². The molecule has 0 atom stereocenters. The number of carbonyl (C=O) groups excluding carboxylic acids is 2. The highest BCUT2D eigenvalue weighted by Gasteiger charge is 2.52. The summed E-state index contributed by atoms with van der Waals surface area (Å²) in [5.41, 5.74) is -0.733. The van der Waals surface area contributed by atoms with E-state index in [1.54, 1.807) is 0 Å². The summed E-state index contributed by atoms with van der Waals surface area (Å²) in [6, 6.07) is 1.23. The first-order valence-corrected chi connectivity index (χ1v) is 7.20. The maximum Gasteiger partial charge on any atom is 0.353 e. The monoisotopic (exact) mass is 291 g/mol. The Bertz CT molecular complexity index is 599. The van der Waals surface area contributed by atoms with Crippen LogP contribution in [-0.2, 0) is 9.59 Å². The van der Waals surface area contributed by atoms with Crippen LogP contribution in [0.5, 0.6) is 0 Å². The lowest BCUT2D eigenvalue weighted by Gasteiger charge is -2.24. The molecule has 2 N–H and O–H groups in total. The van der Waals surface area contributed by atoms with Crippen molar-refractivity contribution in [2.75, 3.05) is 4.90 Å². The van der Waals surface area contributed by atoms with Crippen molar-refractivity contribution >= 4 is 23.6 Å². The molecule has 0 unspecified atom stereocenters. The minimum Gasteiger partial charge on any atom is -0.477 e. The molecule has 112 valence electrons. The minimum absolute atomic E-state index is 0.0866. The molecule has 1 aromatic rings. The van der Waals surface area contributed by atoms with Crippen LogP contribution < -0.4 is 4.90 Å². The Kier molecular flexibility index (Phi) is 3.27. The Labute approximate surface area is 121 Å². The highest BCUT2D eigenvalue weighted by atomic mass is 16.4. The molecule has 2 fully saturated rings. The molecule has 21 heavy (non-hydrogen) atoms. The molecule has 2 heterocycles. The third kappa shape index (κ3) is 2.22. The summed E-state index contributed by atoms with van der Waals surface area (Å²) in [5.74, 6) is -1.59. The zero-order chi connectivity index (χ0) is 15.0. The number of aromatic carboxylic acids is 1. The molecular formula is C14H17N3O4. The summed E-state index contributed by atoms with van der Waals surface area (Å²) in [6.07, 6.45) is 5.75. The van der Waals surface area contributed by atoms with Gasteiger partial charge in [-0.05, 0) is 12.8 Å². The van der Waals surface area contributed by atoms with Crippen LogP contribution in [0.1, 0.15) is 55.4 Å². The number of hydrogen-bond donors (Lipinski definition) is 2. The van der Waals surface area contributed by atoms with Crippen LogP contribution in [0.4, 0.5) is 5.82 Å². The van der Waals surface area contributed by atoms with Gasteiger partial charge < -0.3 is 5.11 Å². The average molecular weight is 291 g/mol. The summed E-state index contributed by atoms with van der Waals surface area (Å²) < 4.78 is 0. The van der Waals surface area contributed by atoms with Gasteiger partial charge in [0.25, 0.3) is 0 Å². The van der Waals surface area contributed by atoms with Crippen molar-refractivity contribution in [3.8, 4) is 0 Å². The molecule has 1 spiro atoms. The van der Waals surface area contributed by atoms with E-state index in [1.807, 2.05) is 0 Å². The largest absolute Gasteiger partial charge is 0.477 e. The quantitative estimate of drug-likeness (QED) is 0.807. The number of nitrogens with zero attached hydrogens (tertiary/aromatic N) is 2. The van der Waals surface area contributed by atoms with E-state index in [4.69, 9.17) is 5.11 Å². The van der Waals surface area contributed by atoms with Gasteiger partial charge in [0.1, 0.15) is 5.69 Å². The van der Waals surface area contributed by atoms with Crippen LogP contribution in [0.25, 0.3) is 0 Å². The lowest BCUT2D eigenvalue weighted by molar-refractivity contribution is -0.126. The minimum atomic E-state index is -1.17. The fourth-order valence-corrected chi connectivity index (χ4v) is 3.36. The Morgan fingerprint density at radius 1 is 1.24 bits per heavy atom. The van der Waals surface area contributed by atoms with Crippen LogP contribution in [-0.4, -0.2) is 33.1 Å². The van der Waals surface area contributed by atoms with Gasteiger partial charge in [0, 0.05) is 12.5 Å². The van der Waals surface area contributed by atoms with Crippen LogP contribution >= 0.6 is 0 Å². The van der Waals surface area contributed by atoms with Crippen LogP contribution in [0.15, 0.2) is 6.07 Å². The Morgan fingerprint density at radius 3 is 2.48 bits per heavy atom. The highest BCUT2D eigenvalue weighted by molar-refractivity contribution is 6.22. The van der Waals surface area contributed by atoms with Crippen molar-refractivity contribution in [3.63, 3.8) is 0 Å². The van der Waals surface area contributed by atoms with Gasteiger partial charge in [-0.3, -0.25) is 14.7 Å². The second-order valence-corrected chi connectivity index (χ2v) is 5.85. The molecular weight excluding hydrogens is 274 g/mol. The molecule has 3 rings (SSSR count). The number of carboxylic acids is 1. The molecule has 1 aliphatic carbocycles. The first kappa shape index (κ1) is 13.8. The zero-order valence-electron chi connectivity index (χ0n) is 11.6. The molecule has 1 aromatic heterocycles. The fraction of sp³-hybridized carbons (Fsp3) is 0.571. The maximum atomic E-state index is 12.7. The molecule has 0 bridgehead atoms. The number of nitrogens with one attached hydrogen (secondary N) is 1. The zero-order valence-corrected chi connectivity index (χ0v) is 11.6. The predicted molar refractivity (Wildman–Crippen MR) is 72.8 cm³/mol. The van der Waals surface area contributed by atoms with Crippen molar-refractivity contribution < 1.29 is 19.5 Å². The van der Waals surface area contributed by atoms with Crippen molar-refractivity contribution in [1.29, 1.82) is 0 Å². The van der Waals surface area contributed by atoms with Gasteiger partial charge >= 0.3 is 5.97 Å². The van der Waals surface area contributed by atoms with Gasteiger partial charge in [-0.1, -0.05) is 25.7 Å². The van der Waals surface area contributed by atoms with Crippen LogP contribution in [0, 0.1) is 5.41 Å². The summed E-state index contributed by atoms with van der Waals surface area (Å²) in [7, 11) is 0. The normalized spacial score (nSPS) is 21.8. The number of carboxylic acid groups (broad SMARTS) is 1. The van der Waals surface area contributed by atoms with E-state index in [0.717, 1.165) is 43.4 Å². The van der Waals surface area contributed by atoms with Gasteiger partial charge in [0.2, 0.25) is 11.8 Å². The second kappa shape index (κ2) is 4.98. The van der Waals surface area contributed by atoms with E-state index in [-0.39, 0.29) is 29.7 Å². The number of H-pyrrole nitrogens is 1. The van der Waals surface area contributed by atoms with E-state index >= 15 is 0 Å². The molecule has 1 aliphatic heterocycles. The van der Waals surface area contributed by atoms with E-state index in [1.165, 1.54) is 6.07 Å². The van der Waals surface area contributed by atoms with Crippen LogP contribution in [0.3, 0.4) is 0 Å². The lowest BCUT2D eigenvalue weighted by Crippen LogP contribution is -2.35. The van der Waals surface area contributed by atoms with Crippen molar-refractivity contribution in [2.45, 2.75) is 44.9 Å². The summed E-state index contributed by atoms with van der Waals surface area (Å²) >= 11 is 0. The molecule has 1 saturated heterocycles. The van der Waals surface area contributed by atoms with E-state index in [0.29, 0.717) is 0 Å². The first-order chi connectivity index (χ1) is 10.0. The maximum absolute atomic E-state index is 12.7. The number of carbonyl (C=O) groups is 3. The SMILES string of the molecule is O=C(O)c1cc(N2C(=O)CC3(CCCCCC3)C2=O)n[nH]1. The van der Waals surface area contributed by atoms with Gasteiger partial charge in [-0.2, -0.15) is 5.10 Å². The third-order valence-corrected chi connectivity index (χ3v) is 4.48. The summed E-state index contributed by atoms with van der Waals surface area (Å²) in [4.78, 5) is 36.9. The highest BCUT2D eigenvalue weighted by Crippen LogP contribution is 2.45.